The average Bonchev–Trinajstić information content (AvgIpc) is 3.64. The van der Waals surface area contributed by atoms with Crippen molar-refractivity contribution in [3.63, 3.8) is 0 Å². The van der Waals surface area contributed by atoms with Crippen molar-refractivity contribution in [1.29, 1.82) is 0 Å². The van der Waals surface area contributed by atoms with Crippen LogP contribution in [0.15, 0.2) is 192 Å². The molecule has 234 valence electrons. The van der Waals surface area contributed by atoms with E-state index in [9.17, 15) is 8.22 Å². The molecule has 0 aliphatic rings. The van der Waals surface area contributed by atoms with Gasteiger partial charge < -0.3 is 9.32 Å². The maximum atomic E-state index is 9.73. The summed E-state index contributed by atoms with van der Waals surface area (Å²) < 4.78 is 108. The standard InChI is InChI=1S/C48H31NO/c1-2-15-36-31-47-43(30-35(36)14-1)48-42(22-11-25-46(48)50-47)41-20-7-8-23-45(41)49(44-24-10-17-33-13-4-6-19-40(33)44)37-28-26-34(27-29-37)39-21-9-16-32-12-3-5-18-38(32)39/h1-31H/i4D,6D,10D,13D,17D,19D,24D,26D,27D,28D,29D. The smallest absolute Gasteiger partial charge is 0.136 e. The number of hydrogen-bond acceptors (Lipinski definition) is 2. The van der Waals surface area contributed by atoms with Gasteiger partial charge in [0.05, 0.1) is 26.5 Å². The van der Waals surface area contributed by atoms with E-state index in [0.717, 1.165) is 26.9 Å². The zero-order valence-corrected chi connectivity index (χ0v) is 26.4. The molecule has 0 saturated heterocycles. The van der Waals surface area contributed by atoms with E-state index in [1.165, 1.54) is 4.90 Å². The summed E-state index contributed by atoms with van der Waals surface area (Å²) in [7, 11) is 0. The van der Waals surface area contributed by atoms with E-state index < -0.39 is 54.4 Å². The molecule has 0 saturated carbocycles. The molecule has 0 aliphatic carbocycles. The fourth-order valence-electron chi connectivity index (χ4n) is 6.95. The zero-order chi connectivity index (χ0) is 42.6. The Balaban J connectivity index is 1.36. The lowest BCUT2D eigenvalue weighted by molar-refractivity contribution is 0.669. The first kappa shape index (κ1) is 19.4. The molecule has 0 unspecified atom stereocenters. The molecular formula is C48H31NO. The molecule has 0 atom stereocenters. The second-order valence-electron chi connectivity index (χ2n) is 12.1. The summed E-state index contributed by atoms with van der Waals surface area (Å²) in [5.41, 5.74) is 2.48. The van der Waals surface area contributed by atoms with E-state index in [1.807, 2.05) is 84.9 Å². The quantitative estimate of drug-likeness (QED) is 0.185. The van der Waals surface area contributed by atoms with Crippen molar-refractivity contribution in [3.05, 3.63) is 188 Å². The molecule has 0 aliphatic heterocycles. The third-order valence-electron chi connectivity index (χ3n) is 9.21. The van der Waals surface area contributed by atoms with Crippen LogP contribution in [-0.2, 0) is 0 Å². The van der Waals surface area contributed by atoms with Crippen LogP contribution >= 0.6 is 0 Å². The van der Waals surface area contributed by atoms with Crippen molar-refractivity contribution < 1.29 is 19.5 Å². The first-order chi connectivity index (χ1) is 29.4. The number of fused-ring (bicyclic) bond motifs is 6. The van der Waals surface area contributed by atoms with Crippen LogP contribution in [0, 0.1) is 0 Å². The van der Waals surface area contributed by atoms with Gasteiger partial charge in [-0.3, -0.25) is 0 Å². The molecule has 1 aromatic heterocycles. The van der Waals surface area contributed by atoms with Crippen LogP contribution in [0.2, 0.25) is 0 Å². The lowest BCUT2D eigenvalue weighted by Gasteiger charge is -2.29. The van der Waals surface area contributed by atoms with E-state index in [-0.39, 0.29) is 45.5 Å². The third kappa shape index (κ3) is 4.57. The van der Waals surface area contributed by atoms with Crippen molar-refractivity contribution in [1.82, 2.24) is 0 Å². The minimum Gasteiger partial charge on any atom is -0.456 e. The van der Waals surface area contributed by atoms with Crippen LogP contribution < -0.4 is 4.90 Å². The molecule has 50 heavy (non-hydrogen) atoms. The summed E-state index contributed by atoms with van der Waals surface area (Å²) in [5, 5.41) is 4.47. The highest BCUT2D eigenvalue weighted by Gasteiger charge is 2.22. The first-order valence-corrected chi connectivity index (χ1v) is 16.2. The highest BCUT2D eigenvalue weighted by Crippen LogP contribution is 2.47. The van der Waals surface area contributed by atoms with Gasteiger partial charge in [0.25, 0.3) is 0 Å². The fraction of sp³-hybridized carbons (Fsp3) is 0. The first-order valence-electron chi connectivity index (χ1n) is 21.7. The second-order valence-corrected chi connectivity index (χ2v) is 12.1. The Bertz CT molecular complexity index is 3480. The maximum Gasteiger partial charge on any atom is 0.136 e. The fourth-order valence-corrected chi connectivity index (χ4v) is 6.95. The topological polar surface area (TPSA) is 16.4 Å². The van der Waals surface area contributed by atoms with Gasteiger partial charge in [0.15, 0.2) is 0 Å². The van der Waals surface area contributed by atoms with Crippen LogP contribution in [0.1, 0.15) is 15.1 Å². The van der Waals surface area contributed by atoms with Gasteiger partial charge in [-0.1, -0.05) is 145 Å². The van der Waals surface area contributed by atoms with Crippen molar-refractivity contribution in [2.45, 2.75) is 0 Å². The molecule has 2 nitrogen and oxygen atoms in total. The van der Waals surface area contributed by atoms with Crippen molar-refractivity contribution in [3.8, 4) is 22.3 Å². The summed E-state index contributed by atoms with van der Waals surface area (Å²) in [4.78, 5) is 1.31. The summed E-state index contributed by atoms with van der Waals surface area (Å²) in [5.74, 6) is 0. The van der Waals surface area contributed by atoms with Gasteiger partial charge in [0, 0.05) is 27.4 Å². The average molecular weight is 649 g/mol. The van der Waals surface area contributed by atoms with E-state index in [2.05, 4.69) is 0 Å². The molecule has 0 fully saturated rings. The van der Waals surface area contributed by atoms with Crippen LogP contribution in [0.4, 0.5) is 17.1 Å². The number of benzene rings is 9. The molecule has 0 N–H and O–H groups in total. The molecule has 1 heterocycles. The van der Waals surface area contributed by atoms with E-state index in [4.69, 9.17) is 11.3 Å². The van der Waals surface area contributed by atoms with Gasteiger partial charge in [0.1, 0.15) is 11.2 Å². The number of para-hydroxylation sites is 1. The molecule has 0 bridgehead atoms. The Kier molecular flexibility index (Phi) is 4.46. The summed E-state index contributed by atoms with van der Waals surface area (Å²) in [6.07, 6.45) is 0. The van der Waals surface area contributed by atoms with Crippen molar-refractivity contribution in [2.75, 3.05) is 4.90 Å². The van der Waals surface area contributed by atoms with E-state index in [1.54, 1.807) is 36.4 Å². The van der Waals surface area contributed by atoms with Gasteiger partial charge in [-0.05, 0) is 86.0 Å². The van der Waals surface area contributed by atoms with Gasteiger partial charge in [0.2, 0.25) is 0 Å². The Hall–Kier alpha value is -6.64. The lowest BCUT2D eigenvalue weighted by Crippen LogP contribution is -2.11. The maximum absolute atomic E-state index is 9.73. The molecule has 10 aromatic rings. The largest absolute Gasteiger partial charge is 0.456 e. The predicted molar refractivity (Wildman–Crippen MR) is 212 cm³/mol. The minimum absolute atomic E-state index is 0.0474. The van der Waals surface area contributed by atoms with Crippen LogP contribution in [-0.4, -0.2) is 0 Å². The minimum atomic E-state index is -0.646. The lowest BCUT2D eigenvalue weighted by atomic mass is 9.95. The summed E-state index contributed by atoms with van der Waals surface area (Å²) in [6, 6.07) is 31.3. The van der Waals surface area contributed by atoms with Gasteiger partial charge in [-0.15, -0.1) is 0 Å². The SMILES string of the molecule is [2H]c1c([2H])c(N(c2ccccc2-c2cccc3oc4cc5ccccc5cc4c23)c2c([2H])c([2H])c([2H])c3c([2H])c([2H])c([2H])c([2H])c23)c([2H])c([2H])c1-c1cccc2ccccc12. The number of furan rings is 1. The number of nitrogens with zero attached hydrogens (tertiary/aromatic N) is 1. The highest BCUT2D eigenvalue weighted by atomic mass is 16.3. The van der Waals surface area contributed by atoms with Gasteiger partial charge >= 0.3 is 0 Å². The highest BCUT2D eigenvalue weighted by molar-refractivity contribution is 6.17. The van der Waals surface area contributed by atoms with Crippen LogP contribution in [0.5, 0.6) is 0 Å². The zero-order valence-electron chi connectivity index (χ0n) is 37.4. The van der Waals surface area contributed by atoms with Crippen molar-refractivity contribution >= 4 is 71.3 Å². The monoisotopic (exact) mass is 648 g/mol. The second kappa shape index (κ2) is 11.5. The molecule has 2 heteroatoms. The van der Waals surface area contributed by atoms with Crippen LogP contribution in [0.3, 0.4) is 0 Å². The normalized spacial score (nSPS) is 14.7. The molecular weight excluding hydrogens is 607 g/mol. The molecule has 0 amide bonds. The molecule has 9 aromatic carbocycles. The van der Waals surface area contributed by atoms with E-state index in [0.29, 0.717) is 33.2 Å². The van der Waals surface area contributed by atoms with Gasteiger partial charge in [-0.25, -0.2) is 0 Å². The number of rotatable bonds is 5. The van der Waals surface area contributed by atoms with E-state index >= 15 is 0 Å². The Morgan fingerprint density at radius 1 is 0.420 bits per heavy atom. The molecule has 10 rings (SSSR count). The van der Waals surface area contributed by atoms with Crippen molar-refractivity contribution in [2.24, 2.45) is 0 Å². The Morgan fingerprint density at radius 2 is 1.10 bits per heavy atom. The van der Waals surface area contributed by atoms with Gasteiger partial charge in [-0.2, -0.15) is 0 Å². The number of anilines is 3. The summed E-state index contributed by atoms with van der Waals surface area (Å²) >= 11 is 0. The Labute approximate surface area is 305 Å². The summed E-state index contributed by atoms with van der Waals surface area (Å²) in [6.45, 7) is 0. The third-order valence-corrected chi connectivity index (χ3v) is 9.21. The molecule has 0 spiro atoms. The predicted octanol–water partition coefficient (Wildman–Crippen LogP) is 13.8. The number of hydrogen-bond donors (Lipinski definition) is 0. The Morgan fingerprint density at radius 3 is 2.00 bits per heavy atom. The van der Waals surface area contributed by atoms with Crippen LogP contribution in [0.25, 0.3) is 76.5 Å². The molecule has 0 radical (unpaired) electrons.